The minimum atomic E-state index is -3.42. The van der Waals surface area contributed by atoms with Crippen LogP contribution in [0.1, 0.15) is 25.3 Å². The molecule has 1 aromatic rings. The lowest BCUT2D eigenvalue weighted by Crippen LogP contribution is -2.41. The van der Waals surface area contributed by atoms with Crippen LogP contribution in [0.15, 0.2) is 29.2 Å². The van der Waals surface area contributed by atoms with Gasteiger partial charge in [-0.1, -0.05) is 19.1 Å². The lowest BCUT2D eigenvalue weighted by molar-refractivity contribution is 0.202. The first-order valence-corrected chi connectivity index (χ1v) is 9.34. The molecule has 1 fully saturated rings. The standard InChI is InChI=1S/C16H26N2O3S/c1-3-11-18(15-8-10-17-13-15)22(19,20)16-6-4-14(5-7-16)9-12-21-2/h4-7,15,17H,3,8-13H2,1-2H3. The topological polar surface area (TPSA) is 58.6 Å². The second-order valence-electron chi connectivity index (χ2n) is 5.65. The van der Waals surface area contributed by atoms with E-state index in [1.54, 1.807) is 23.5 Å². The van der Waals surface area contributed by atoms with E-state index in [0.29, 0.717) is 18.0 Å². The summed E-state index contributed by atoms with van der Waals surface area (Å²) in [6.07, 6.45) is 2.49. The van der Waals surface area contributed by atoms with Crippen LogP contribution in [0.4, 0.5) is 0 Å². The molecule has 0 spiro atoms. The van der Waals surface area contributed by atoms with Gasteiger partial charge in [-0.05, 0) is 43.5 Å². The Labute approximate surface area is 133 Å². The van der Waals surface area contributed by atoms with Crippen LogP contribution in [0.3, 0.4) is 0 Å². The van der Waals surface area contributed by atoms with E-state index in [0.717, 1.165) is 37.9 Å². The molecule has 1 N–H and O–H groups in total. The molecular weight excluding hydrogens is 300 g/mol. The highest BCUT2D eigenvalue weighted by Gasteiger charge is 2.32. The van der Waals surface area contributed by atoms with Gasteiger partial charge >= 0.3 is 0 Å². The van der Waals surface area contributed by atoms with Gasteiger partial charge in [-0.25, -0.2) is 8.42 Å². The first-order chi connectivity index (χ1) is 10.6. The third-order valence-electron chi connectivity index (χ3n) is 4.01. The Bertz CT molecular complexity index is 551. The predicted molar refractivity (Wildman–Crippen MR) is 87.5 cm³/mol. The molecule has 1 unspecified atom stereocenters. The van der Waals surface area contributed by atoms with E-state index in [1.165, 1.54) is 0 Å². The SMILES string of the molecule is CCCN(C1CCNC1)S(=O)(=O)c1ccc(CCOC)cc1. The van der Waals surface area contributed by atoms with Gasteiger partial charge in [0.05, 0.1) is 11.5 Å². The van der Waals surface area contributed by atoms with Crippen LogP contribution < -0.4 is 5.32 Å². The highest BCUT2D eigenvalue weighted by atomic mass is 32.2. The van der Waals surface area contributed by atoms with Crippen molar-refractivity contribution in [2.45, 2.75) is 37.1 Å². The fourth-order valence-corrected chi connectivity index (χ4v) is 4.53. The second kappa shape index (κ2) is 8.06. The van der Waals surface area contributed by atoms with E-state index in [4.69, 9.17) is 4.74 Å². The molecule has 0 bridgehead atoms. The van der Waals surface area contributed by atoms with Crippen molar-refractivity contribution in [1.29, 1.82) is 0 Å². The van der Waals surface area contributed by atoms with Crippen LogP contribution in [0, 0.1) is 0 Å². The molecule has 0 aromatic heterocycles. The zero-order valence-electron chi connectivity index (χ0n) is 13.4. The maximum Gasteiger partial charge on any atom is 0.243 e. The van der Waals surface area contributed by atoms with Gasteiger partial charge in [0.15, 0.2) is 0 Å². The molecule has 22 heavy (non-hydrogen) atoms. The Morgan fingerprint density at radius 2 is 2.05 bits per heavy atom. The van der Waals surface area contributed by atoms with Gasteiger partial charge in [0.2, 0.25) is 10.0 Å². The number of ether oxygens (including phenoxy) is 1. The summed E-state index contributed by atoms with van der Waals surface area (Å²) in [4.78, 5) is 0.383. The van der Waals surface area contributed by atoms with Crippen LogP contribution in [0.2, 0.25) is 0 Å². The third kappa shape index (κ3) is 4.07. The molecule has 0 saturated carbocycles. The summed E-state index contributed by atoms with van der Waals surface area (Å²) in [7, 11) is -1.76. The van der Waals surface area contributed by atoms with E-state index in [-0.39, 0.29) is 6.04 Å². The molecule has 2 rings (SSSR count). The summed E-state index contributed by atoms with van der Waals surface area (Å²) >= 11 is 0. The number of methoxy groups -OCH3 is 1. The van der Waals surface area contributed by atoms with Crippen LogP contribution in [-0.4, -0.2) is 52.1 Å². The molecule has 1 aliphatic rings. The number of hydrogen-bond acceptors (Lipinski definition) is 4. The molecule has 1 saturated heterocycles. The van der Waals surface area contributed by atoms with Gasteiger partial charge in [0, 0.05) is 26.2 Å². The van der Waals surface area contributed by atoms with E-state index < -0.39 is 10.0 Å². The first-order valence-electron chi connectivity index (χ1n) is 7.90. The van der Waals surface area contributed by atoms with Gasteiger partial charge in [-0.15, -0.1) is 0 Å². The molecule has 0 amide bonds. The van der Waals surface area contributed by atoms with Crippen molar-refractivity contribution in [2.24, 2.45) is 0 Å². The van der Waals surface area contributed by atoms with Gasteiger partial charge in [-0.2, -0.15) is 4.31 Å². The van der Waals surface area contributed by atoms with Crippen molar-refractivity contribution >= 4 is 10.0 Å². The van der Waals surface area contributed by atoms with E-state index in [1.807, 2.05) is 19.1 Å². The van der Waals surface area contributed by atoms with Gasteiger partial charge < -0.3 is 10.1 Å². The molecule has 1 heterocycles. The molecule has 6 heteroatoms. The maximum absolute atomic E-state index is 12.9. The molecule has 0 aliphatic carbocycles. The smallest absolute Gasteiger partial charge is 0.243 e. The van der Waals surface area contributed by atoms with Crippen LogP contribution >= 0.6 is 0 Å². The number of nitrogens with one attached hydrogen (secondary N) is 1. The lowest BCUT2D eigenvalue weighted by atomic mass is 10.2. The predicted octanol–water partition coefficient (Wildman–Crippen LogP) is 1.64. The lowest BCUT2D eigenvalue weighted by Gasteiger charge is -2.27. The number of hydrogen-bond donors (Lipinski definition) is 1. The first kappa shape index (κ1) is 17.4. The van der Waals surface area contributed by atoms with Crippen LogP contribution in [0.5, 0.6) is 0 Å². The summed E-state index contributed by atoms with van der Waals surface area (Å²) in [5, 5.41) is 3.25. The fraction of sp³-hybridized carbons (Fsp3) is 0.625. The average molecular weight is 326 g/mol. The number of benzene rings is 1. The Balaban J connectivity index is 2.19. The summed E-state index contributed by atoms with van der Waals surface area (Å²) in [6, 6.07) is 7.25. The van der Waals surface area contributed by atoms with Crippen molar-refractivity contribution in [3.05, 3.63) is 29.8 Å². The van der Waals surface area contributed by atoms with Crippen molar-refractivity contribution in [3.63, 3.8) is 0 Å². The van der Waals surface area contributed by atoms with E-state index in [9.17, 15) is 8.42 Å². The minimum Gasteiger partial charge on any atom is -0.384 e. The Kier molecular flexibility index (Phi) is 6.37. The van der Waals surface area contributed by atoms with Crippen molar-refractivity contribution in [2.75, 3.05) is 33.4 Å². The summed E-state index contributed by atoms with van der Waals surface area (Å²) in [5.74, 6) is 0. The molecule has 1 aliphatic heterocycles. The van der Waals surface area contributed by atoms with E-state index >= 15 is 0 Å². The zero-order chi connectivity index (χ0) is 16.0. The number of rotatable bonds is 8. The van der Waals surface area contributed by atoms with Crippen LogP contribution in [0.25, 0.3) is 0 Å². The Hall–Kier alpha value is -0.950. The van der Waals surface area contributed by atoms with Crippen LogP contribution in [-0.2, 0) is 21.2 Å². The van der Waals surface area contributed by atoms with Gasteiger partial charge in [-0.3, -0.25) is 0 Å². The summed E-state index contributed by atoms with van der Waals surface area (Å²) < 4.78 is 32.5. The molecular formula is C16H26N2O3S. The van der Waals surface area contributed by atoms with Gasteiger partial charge in [0.1, 0.15) is 0 Å². The summed E-state index contributed by atoms with van der Waals surface area (Å²) in [6.45, 7) is 4.85. The second-order valence-corrected chi connectivity index (χ2v) is 7.54. The molecule has 1 atom stereocenters. The number of nitrogens with zero attached hydrogens (tertiary/aromatic N) is 1. The largest absolute Gasteiger partial charge is 0.384 e. The normalized spacial score (nSPS) is 19.0. The fourth-order valence-electron chi connectivity index (χ4n) is 2.79. The zero-order valence-corrected chi connectivity index (χ0v) is 14.2. The quantitative estimate of drug-likeness (QED) is 0.789. The third-order valence-corrected chi connectivity index (χ3v) is 5.98. The summed E-state index contributed by atoms with van der Waals surface area (Å²) in [5.41, 5.74) is 1.09. The molecule has 124 valence electrons. The maximum atomic E-state index is 12.9. The highest BCUT2D eigenvalue weighted by Crippen LogP contribution is 2.22. The highest BCUT2D eigenvalue weighted by molar-refractivity contribution is 7.89. The van der Waals surface area contributed by atoms with Crippen molar-refractivity contribution in [3.8, 4) is 0 Å². The van der Waals surface area contributed by atoms with E-state index in [2.05, 4.69) is 5.32 Å². The van der Waals surface area contributed by atoms with Crippen molar-refractivity contribution < 1.29 is 13.2 Å². The average Bonchev–Trinajstić information content (AvgIpc) is 3.04. The molecule has 1 aromatic carbocycles. The monoisotopic (exact) mass is 326 g/mol. The minimum absolute atomic E-state index is 0.0677. The molecule has 5 nitrogen and oxygen atoms in total. The Morgan fingerprint density at radius 1 is 1.32 bits per heavy atom. The number of sulfonamides is 1. The Morgan fingerprint density at radius 3 is 2.59 bits per heavy atom. The van der Waals surface area contributed by atoms with Gasteiger partial charge in [0.25, 0.3) is 0 Å². The molecule has 0 radical (unpaired) electrons. The van der Waals surface area contributed by atoms with Crippen molar-refractivity contribution in [1.82, 2.24) is 9.62 Å².